The average Bonchev–Trinajstić information content (AvgIpc) is 2.94. The summed E-state index contributed by atoms with van der Waals surface area (Å²) in [6.07, 6.45) is 3.13. The van der Waals surface area contributed by atoms with Crippen LogP contribution in [0.25, 0.3) is 0 Å². The summed E-state index contributed by atoms with van der Waals surface area (Å²) in [7, 11) is -3.73. The van der Waals surface area contributed by atoms with Crippen molar-refractivity contribution < 1.29 is 17.9 Å². The highest BCUT2D eigenvalue weighted by Gasteiger charge is 2.26. The first-order valence-corrected chi connectivity index (χ1v) is 7.11. The quantitative estimate of drug-likeness (QED) is 0.745. The summed E-state index contributed by atoms with van der Waals surface area (Å²) in [5.41, 5.74) is 1.00. The van der Waals surface area contributed by atoms with Crippen molar-refractivity contribution in [3.05, 3.63) is 35.0 Å². The lowest BCUT2D eigenvalue weighted by molar-refractivity contribution is 0.276. The van der Waals surface area contributed by atoms with Gasteiger partial charge in [0.1, 0.15) is 16.4 Å². The Bertz CT molecular complexity index is 658. The topological polar surface area (TPSA) is 108 Å². The van der Waals surface area contributed by atoms with Crippen molar-refractivity contribution in [1.29, 1.82) is 0 Å². The summed E-state index contributed by atoms with van der Waals surface area (Å²) in [6.45, 7) is 2.91. The number of aryl methyl sites for hydroxylation is 2. The number of nitrogens with zero attached hydrogens (tertiary/aromatic N) is 1. The van der Waals surface area contributed by atoms with E-state index in [2.05, 4.69) is 14.9 Å². The summed E-state index contributed by atoms with van der Waals surface area (Å²) >= 11 is 0. The molecule has 0 aliphatic heterocycles. The fourth-order valence-electron chi connectivity index (χ4n) is 1.87. The molecule has 0 aromatic carbocycles. The summed E-state index contributed by atoms with van der Waals surface area (Å²) in [4.78, 5) is 0.0102. The van der Waals surface area contributed by atoms with Crippen LogP contribution in [0.15, 0.2) is 21.7 Å². The first-order chi connectivity index (χ1) is 8.95. The molecular weight excluding hydrogens is 270 g/mol. The predicted molar refractivity (Wildman–Crippen MR) is 66.7 cm³/mol. The van der Waals surface area contributed by atoms with Crippen LogP contribution in [0.3, 0.4) is 0 Å². The fourth-order valence-corrected chi connectivity index (χ4v) is 3.32. The van der Waals surface area contributed by atoms with Gasteiger partial charge in [-0.1, -0.05) is 0 Å². The van der Waals surface area contributed by atoms with Crippen molar-refractivity contribution in [2.75, 3.05) is 0 Å². The van der Waals surface area contributed by atoms with Gasteiger partial charge in [-0.05, 0) is 13.8 Å². The molecule has 0 amide bonds. The predicted octanol–water partition coefficient (Wildman–Crippen LogP) is 0.590. The van der Waals surface area contributed by atoms with Crippen LogP contribution < -0.4 is 4.72 Å². The molecule has 7 nitrogen and oxygen atoms in total. The lowest BCUT2D eigenvalue weighted by Crippen LogP contribution is -2.24. The second kappa shape index (κ2) is 5.16. The minimum Gasteiger partial charge on any atom is -0.465 e. The van der Waals surface area contributed by atoms with Crippen molar-refractivity contribution in [2.24, 2.45) is 0 Å². The van der Waals surface area contributed by atoms with E-state index in [0.29, 0.717) is 11.3 Å². The summed E-state index contributed by atoms with van der Waals surface area (Å²) in [5, 5.41) is 15.6. The Morgan fingerprint density at radius 3 is 2.74 bits per heavy atom. The zero-order chi connectivity index (χ0) is 14.0. The van der Waals surface area contributed by atoms with E-state index in [-0.39, 0.29) is 29.4 Å². The molecule has 0 saturated heterocycles. The van der Waals surface area contributed by atoms with Gasteiger partial charge >= 0.3 is 0 Å². The lowest BCUT2D eigenvalue weighted by Gasteiger charge is -2.06. The standard InChI is InChI=1S/C11H15N3O4S/c1-7-10(6-15)11(8(2)18-7)19(16,17)14-5-9-3-12-13-4-9/h3-4,14-15H,5-6H2,1-2H3,(H,12,13). The van der Waals surface area contributed by atoms with Crippen molar-refractivity contribution in [1.82, 2.24) is 14.9 Å². The minimum atomic E-state index is -3.73. The Balaban J connectivity index is 2.29. The van der Waals surface area contributed by atoms with Gasteiger partial charge in [-0.2, -0.15) is 5.10 Å². The third-order valence-corrected chi connectivity index (χ3v) is 4.37. The summed E-state index contributed by atoms with van der Waals surface area (Å²) < 4.78 is 32.2. The van der Waals surface area contributed by atoms with E-state index < -0.39 is 10.0 Å². The van der Waals surface area contributed by atoms with Crippen LogP contribution in [0.2, 0.25) is 0 Å². The molecule has 2 rings (SSSR count). The van der Waals surface area contributed by atoms with Crippen molar-refractivity contribution in [2.45, 2.75) is 31.9 Å². The van der Waals surface area contributed by atoms with Crippen LogP contribution in [0.4, 0.5) is 0 Å². The Morgan fingerprint density at radius 2 is 2.16 bits per heavy atom. The van der Waals surface area contributed by atoms with Gasteiger partial charge in [0.05, 0.1) is 12.8 Å². The highest BCUT2D eigenvalue weighted by atomic mass is 32.2. The molecule has 0 aliphatic carbocycles. The van der Waals surface area contributed by atoms with Crippen LogP contribution in [-0.2, 0) is 23.2 Å². The number of hydrogen-bond donors (Lipinski definition) is 3. The molecule has 0 aliphatic rings. The Morgan fingerprint density at radius 1 is 1.42 bits per heavy atom. The van der Waals surface area contributed by atoms with Crippen molar-refractivity contribution >= 4 is 10.0 Å². The van der Waals surface area contributed by atoms with Gasteiger partial charge in [0.15, 0.2) is 0 Å². The van der Waals surface area contributed by atoms with E-state index in [1.54, 1.807) is 20.0 Å². The molecule has 3 N–H and O–H groups in total. The van der Waals surface area contributed by atoms with E-state index in [9.17, 15) is 13.5 Å². The van der Waals surface area contributed by atoms with E-state index >= 15 is 0 Å². The first-order valence-electron chi connectivity index (χ1n) is 5.62. The molecule has 8 heteroatoms. The second-order valence-electron chi connectivity index (χ2n) is 4.11. The highest BCUT2D eigenvalue weighted by molar-refractivity contribution is 7.89. The number of rotatable bonds is 5. The van der Waals surface area contributed by atoms with Crippen molar-refractivity contribution in [3.8, 4) is 0 Å². The zero-order valence-corrected chi connectivity index (χ0v) is 11.4. The number of nitrogens with one attached hydrogen (secondary N) is 2. The van der Waals surface area contributed by atoms with E-state index in [4.69, 9.17) is 4.42 Å². The molecular formula is C11H15N3O4S. The number of furan rings is 1. The van der Waals surface area contributed by atoms with Gasteiger partial charge in [-0.15, -0.1) is 0 Å². The zero-order valence-electron chi connectivity index (χ0n) is 10.6. The molecule has 104 valence electrons. The SMILES string of the molecule is Cc1oc(C)c(S(=O)(=O)NCc2cn[nH]c2)c1CO. The Hall–Kier alpha value is -1.64. The maximum Gasteiger partial charge on any atom is 0.244 e. The maximum atomic E-state index is 12.2. The van der Waals surface area contributed by atoms with Gasteiger partial charge < -0.3 is 9.52 Å². The van der Waals surface area contributed by atoms with Gasteiger partial charge in [-0.3, -0.25) is 5.10 Å². The molecule has 2 aromatic rings. The third kappa shape index (κ3) is 2.70. The van der Waals surface area contributed by atoms with Gasteiger partial charge in [0.2, 0.25) is 10.0 Å². The molecule has 19 heavy (non-hydrogen) atoms. The monoisotopic (exact) mass is 285 g/mol. The van der Waals surface area contributed by atoms with Gasteiger partial charge in [0, 0.05) is 23.9 Å². The smallest absolute Gasteiger partial charge is 0.244 e. The number of aliphatic hydroxyl groups is 1. The van der Waals surface area contributed by atoms with E-state index in [1.807, 2.05) is 0 Å². The number of aromatic amines is 1. The largest absolute Gasteiger partial charge is 0.465 e. The van der Waals surface area contributed by atoms with Crippen LogP contribution in [0, 0.1) is 13.8 Å². The summed E-state index contributed by atoms with van der Waals surface area (Å²) in [5.74, 6) is 0.671. The third-order valence-electron chi connectivity index (χ3n) is 2.77. The maximum absolute atomic E-state index is 12.2. The molecule has 2 aromatic heterocycles. The number of aliphatic hydroxyl groups excluding tert-OH is 1. The van der Waals surface area contributed by atoms with Crippen LogP contribution in [-0.4, -0.2) is 23.7 Å². The molecule has 0 unspecified atom stereocenters. The lowest BCUT2D eigenvalue weighted by atomic mass is 10.2. The molecule has 0 fully saturated rings. The van der Waals surface area contributed by atoms with E-state index in [0.717, 1.165) is 0 Å². The fraction of sp³-hybridized carbons (Fsp3) is 0.364. The normalized spacial score (nSPS) is 11.9. The average molecular weight is 285 g/mol. The van der Waals surface area contributed by atoms with Crippen molar-refractivity contribution in [3.63, 3.8) is 0 Å². The molecule has 0 radical (unpaired) electrons. The van der Waals surface area contributed by atoms with Gasteiger partial charge in [-0.25, -0.2) is 13.1 Å². The number of H-pyrrole nitrogens is 1. The molecule has 0 spiro atoms. The molecule has 0 bridgehead atoms. The summed E-state index contributed by atoms with van der Waals surface area (Å²) in [6, 6.07) is 0. The molecule has 2 heterocycles. The number of aromatic nitrogens is 2. The first kappa shape index (κ1) is 13.8. The molecule has 0 saturated carbocycles. The van der Waals surface area contributed by atoms with Crippen LogP contribution in [0.1, 0.15) is 22.6 Å². The number of hydrogen-bond acceptors (Lipinski definition) is 5. The van der Waals surface area contributed by atoms with E-state index in [1.165, 1.54) is 6.20 Å². The Labute approximate surface area is 110 Å². The Kier molecular flexibility index (Phi) is 3.74. The minimum absolute atomic E-state index is 0.0102. The van der Waals surface area contributed by atoms with Gasteiger partial charge in [0.25, 0.3) is 0 Å². The highest BCUT2D eigenvalue weighted by Crippen LogP contribution is 2.26. The van der Waals surface area contributed by atoms with Crippen LogP contribution >= 0.6 is 0 Å². The van der Waals surface area contributed by atoms with Crippen LogP contribution in [0.5, 0.6) is 0 Å². The second-order valence-corrected chi connectivity index (χ2v) is 5.82. The molecule has 0 atom stereocenters. The number of sulfonamides is 1.